The summed E-state index contributed by atoms with van der Waals surface area (Å²) in [6.45, 7) is 7.40. The van der Waals surface area contributed by atoms with E-state index < -0.39 is 0 Å². The van der Waals surface area contributed by atoms with Crippen LogP contribution in [0.5, 0.6) is 0 Å². The lowest BCUT2D eigenvalue weighted by atomic mass is 9.86. The third kappa shape index (κ3) is 0.903. The van der Waals surface area contributed by atoms with Crippen LogP contribution < -0.4 is 0 Å². The summed E-state index contributed by atoms with van der Waals surface area (Å²) in [6.07, 6.45) is 0. The van der Waals surface area contributed by atoms with E-state index in [4.69, 9.17) is 6.57 Å². The Morgan fingerprint density at radius 3 is 1.41 bits per heavy atom. The Morgan fingerprint density at radius 1 is 0.765 bits per heavy atom. The molecule has 2 aliphatic heterocycles. The first-order valence-electron chi connectivity index (χ1n) is 5.75. The lowest BCUT2D eigenvalue weighted by Gasteiger charge is -2.13. The summed E-state index contributed by atoms with van der Waals surface area (Å²) in [5, 5.41) is 1.90. The first-order chi connectivity index (χ1) is 8.42. The average molecular weight is 218 g/mol. The molecule has 0 N–H and O–H groups in total. The van der Waals surface area contributed by atoms with Crippen molar-refractivity contribution in [2.24, 2.45) is 0 Å². The highest BCUT2D eigenvalue weighted by Gasteiger charge is 2.51. The molecule has 2 nitrogen and oxygen atoms in total. The van der Waals surface area contributed by atoms with Gasteiger partial charge in [-0.2, -0.15) is 11.5 Å². The second-order valence-electron chi connectivity index (χ2n) is 4.54. The van der Waals surface area contributed by atoms with E-state index in [1.807, 2.05) is 5.01 Å². The van der Waals surface area contributed by atoms with Crippen molar-refractivity contribution >= 4 is 0 Å². The van der Waals surface area contributed by atoms with Gasteiger partial charge in [0, 0.05) is 0 Å². The zero-order chi connectivity index (χ0) is 11.4. The first-order valence-corrected chi connectivity index (χ1v) is 5.75. The van der Waals surface area contributed by atoms with Gasteiger partial charge in [0.1, 0.15) is 12.1 Å². The van der Waals surface area contributed by atoms with Gasteiger partial charge in [-0.25, -0.2) is 0 Å². The van der Waals surface area contributed by atoms with E-state index in [9.17, 15) is 0 Å². The SMILES string of the molecule is [C-]#[N+]N1C2c3ccccc3C1c1ccccc12. The van der Waals surface area contributed by atoms with Gasteiger partial charge >= 0.3 is 0 Å². The largest absolute Gasteiger partial charge is 0.184 e. The molecule has 0 unspecified atom stereocenters. The van der Waals surface area contributed by atoms with Gasteiger partial charge in [0.15, 0.2) is 0 Å². The first kappa shape index (κ1) is 8.83. The van der Waals surface area contributed by atoms with Gasteiger partial charge in [0.05, 0.1) is 0 Å². The number of hydrogen-bond donors (Lipinski definition) is 0. The van der Waals surface area contributed by atoms with E-state index >= 15 is 0 Å². The molecule has 0 amide bonds. The van der Waals surface area contributed by atoms with Crippen LogP contribution in [-0.2, 0) is 0 Å². The highest BCUT2D eigenvalue weighted by atomic mass is 15.5. The third-order valence-corrected chi connectivity index (χ3v) is 3.81. The van der Waals surface area contributed by atoms with Crippen LogP contribution in [0.25, 0.3) is 4.95 Å². The monoisotopic (exact) mass is 218 g/mol. The minimum absolute atomic E-state index is 0.143. The fourth-order valence-electron chi connectivity index (χ4n) is 3.19. The summed E-state index contributed by atoms with van der Waals surface area (Å²) in [5.41, 5.74) is 5.19. The quantitative estimate of drug-likeness (QED) is 0.615. The van der Waals surface area contributed by atoms with Crippen LogP contribution in [0.4, 0.5) is 0 Å². The van der Waals surface area contributed by atoms with Crippen molar-refractivity contribution in [3.05, 3.63) is 82.3 Å². The summed E-state index contributed by atoms with van der Waals surface area (Å²) >= 11 is 0. The third-order valence-electron chi connectivity index (χ3n) is 3.81. The van der Waals surface area contributed by atoms with Crippen molar-refractivity contribution in [2.75, 3.05) is 0 Å². The standard InChI is InChI=1S/C15H10N2/c1-16-17-14-10-6-2-3-7-11(10)15(17)13-9-5-4-8-12(13)14/h2-9,14-15H. The van der Waals surface area contributed by atoms with E-state index in [0.29, 0.717) is 0 Å². The summed E-state index contributed by atoms with van der Waals surface area (Å²) in [6, 6.07) is 17.1. The molecule has 80 valence electrons. The maximum absolute atomic E-state index is 7.40. The minimum Gasteiger partial charge on any atom is -0.184 e. The van der Waals surface area contributed by atoms with Crippen molar-refractivity contribution in [1.29, 1.82) is 0 Å². The Morgan fingerprint density at radius 2 is 1.12 bits per heavy atom. The predicted octanol–water partition coefficient (Wildman–Crippen LogP) is 3.33. The van der Waals surface area contributed by atoms with Crippen LogP contribution in [0.3, 0.4) is 0 Å². The number of benzene rings is 2. The lowest BCUT2D eigenvalue weighted by molar-refractivity contribution is 0.333. The topological polar surface area (TPSA) is 7.60 Å². The number of hydrogen-bond acceptors (Lipinski definition) is 1. The molecule has 0 spiro atoms. The van der Waals surface area contributed by atoms with Crippen molar-refractivity contribution in [2.45, 2.75) is 12.1 Å². The molecular weight excluding hydrogens is 208 g/mol. The van der Waals surface area contributed by atoms with Crippen LogP contribution >= 0.6 is 0 Å². The van der Waals surface area contributed by atoms with Gasteiger partial charge in [0.25, 0.3) is 0 Å². The Bertz CT molecular complexity index is 556. The van der Waals surface area contributed by atoms with Crippen molar-refractivity contribution in [1.82, 2.24) is 5.01 Å². The fraction of sp³-hybridized carbons (Fsp3) is 0.133. The molecule has 2 aliphatic rings. The van der Waals surface area contributed by atoms with E-state index in [0.717, 1.165) is 0 Å². The zero-order valence-corrected chi connectivity index (χ0v) is 9.17. The molecule has 0 fully saturated rings. The fourth-order valence-corrected chi connectivity index (χ4v) is 3.19. The van der Waals surface area contributed by atoms with Crippen molar-refractivity contribution in [3.8, 4) is 0 Å². The maximum atomic E-state index is 7.40. The van der Waals surface area contributed by atoms with Gasteiger partial charge in [-0.15, -0.1) is 0 Å². The van der Waals surface area contributed by atoms with E-state index in [1.165, 1.54) is 22.3 Å². The molecule has 2 aromatic rings. The Labute approximate surface area is 99.9 Å². The zero-order valence-electron chi connectivity index (χ0n) is 9.17. The number of nitrogens with zero attached hydrogens (tertiary/aromatic N) is 2. The normalized spacial score (nSPS) is 23.1. The molecule has 0 radical (unpaired) electrons. The molecule has 0 saturated carbocycles. The van der Waals surface area contributed by atoms with Crippen molar-refractivity contribution < 1.29 is 0 Å². The van der Waals surface area contributed by atoms with Gasteiger partial charge in [0.2, 0.25) is 0 Å². The van der Waals surface area contributed by atoms with Gasteiger partial charge in [-0.3, -0.25) is 0 Å². The second kappa shape index (κ2) is 2.89. The Balaban J connectivity index is 2.05. The lowest BCUT2D eigenvalue weighted by Crippen LogP contribution is -2.10. The molecule has 2 bridgehead atoms. The summed E-state index contributed by atoms with van der Waals surface area (Å²) < 4.78 is 0. The average Bonchev–Trinajstić information content (AvgIpc) is 2.90. The van der Waals surface area contributed by atoms with Crippen LogP contribution in [0.1, 0.15) is 34.3 Å². The molecule has 17 heavy (non-hydrogen) atoms. The molecule has 0 saturated heterocycles. The van der Waals surface area contributed by atoms with E-state index in [2.05, 4.69) is 53.5 Å². The van der Waals surface area contributed by atoms with E-state index in [1.54, 1.807) is 0 Å². The van der Waals surface area contributed by atoms with Crippen LogP contribution in [-0.4, -0.2) is 5.01 Å². The molecular formula is C15H10N2. The van der Waals surface area contributed by atoms with Gasteiger partial charge in [-0.05, 0) is 22.3 Å². The molecule has 0 aliphatic carbocycles. The van der Waals surface area contributed by atoms with Crippen LogP contribution in [0.2, 0.25) is 0 Å². The maximum Gasteiger partial charge on any atom is 0.149 e. The van der Waals surface area contributed by atoms with Gasteiger partial charge in [-0.1, -0.05) is 53.5 Å². The van der Waals surface area contributed by atoms with Crippen molar-refractivity contribution in [3.63, 3.8) is 0 Å². The second-order valence-corrected chi connectivity index (χ2v) is 4.54. The Hall–Kier alpha value is -2.27. The minimum atomic E-state index is 0.143. The number of fused-ring (bicyclic) bond motifs is 8. The summed E-state index contributed by atoms with van der Waals surface area (Å²) in [4.78, 5) is 3.72. The molecule has 0 aromatic heterocycles. The predicted molar refractivity (Wildman–Crippen MR) is 65.0 cm³/mol. The summed E-state index contributed by atoms with van der Waals surface area (Å²) in [7, 11) is 0. The van der Waals surface area contributed by atoms with Crippen LogP contribution in [0.15, 0.2) is 48.5 Å². The smallest absolute Gasteiger partial charge is 0.149 e. The van der Waals surface area contributed by atoms with Crippen LogP contribution in [0, 0.1) is 6.57 Å². The molecule has 2 aromatic carbocycles. The van der Waals surface area contributed by atoms with Gasteiger partial charge < -0.3 is 0 Å². The highest BCUT2D eigenvalue weighted by molar-refractivity contribution is 5.57. The summed E-state index contributed by atoms with van der Waals surface area (Å²) in [5.74, 6) is 0. The highest BCUT2D eigenvalue weighted by Crippen LogP contribution is 2.56. The molecule has 0 atom stereocenters. The Kier molecular flexibility index (Phi) is 1.50. The van der Waals surface area contributed by atoms with E-state index in [-0.39, 0.29) is 12.1 Å². The molecule has 2 heterocycles. The molecule has 4 rings (SSSR count). The molecule has 2 heteroatoms. The number of rotatable bonds is 0.